The predicted molar refractivity (Wildman–Crippen MR) is 172 cm³/mol. The van der Waals surface area contributed by atoms with Gasteiger partial charge in [0.05, 0.1) is 32.9 Å². The van der Waals surface area contributed by atoms with Gasteiger partial charge in [0.25, 0.3) is 5.91 Å². The van der Waals surface area contributed by atoms with Crippen LogP contribution in [0, 0.1) is 11.3 Å². The van der Waals surface area contributed by atoms with E-state index in [0.29, 0.717) is 29.6 Å². The third-order valence-corrected chi connectivity index (χ3v) is 7.46. The Kier molecular flexibility index (Phi) is 12.5. The molecular weight excluding hydrogens is 584 g/mol. The normalized spacial score (nSPS) is 19.2. The van der Waals surface area contributed by atoms with E-state index in [2.05, 4.69) is 34.8 Å². The quantitative estimate of drug-likeness (QED) is 0.270. The van der Waals surface area contributed by atoms with Crippen molar-refractivity contribution in [3.8, 4) is 5.75 Å². The average molecular weight is 637 g/mol. The molecule has 3 heterocycles. The van der Waals surface area contributed by atoms with Crippen LogP contribution in [-0.2, 0) is 33.4 Å². The van der Waals surface area contributed by atoms with Crippen molar-refractivity contribution in [3.63, 3.8) is 0 Å². The van der Waals surface area contributed by atoms with Crippen molar-refractivity contribution in [2.24, 2.45) is 11.3 Å². The van der Waals surface area contributed by atoms with Crippen molar-refractivity contribution < 1.29 is 47.2 Å². The lowest BCUT2D eigenvalue weighted by atomic mass is 9.90. The van der Waals surface area contributed by atoms with Crippen molar-refractivity contribution in [1.82, 2.24) is 20.9 Å². The summed E-state index contributed by atoms with van der Waals surface area (Å²) in [6, 6.07) is 5.85. The minimum absolute atomic E-state index is 0. The van der Waals surface area contributed by atoms with Crippen LogP contribution in [-0.4, -0.2) is 86.3 Å². The molecule has 2 atom stereocenters. The van der Waals surface area contributed by atoms with Gasteiger partial charge in [-0.1, -0.05) is 26.3 Å². The molecule has 4 N–H and O–H groups in total. The topological polar surface area (TPSA) is 174 Å². The predicted octanol–water partition coefficient (Wildman–Crippen LogP) is 3.36. The molecule has 4 rings (SSSR count). The number of benzene rings is 1. The minimum atomic E-state index is -1.11. The van der Waals surface area contributed by atoms with Gasteiger partial charge in [0.2, 0.25) is 11.8 Å². The number of methoxy groups -OCH3 is 1. The average Bonchev–Trinajstić information content (AvgIpc) is 3.46. The summed E-state index contributed by atoms with van der Waals surface area (Å²) < 4.78 is 21.8. The first-order valence-electron chi connectivity index (χ1n) is 15.3. The van der Waals surface area contributed by atoms with Crippen LogP contribution in [0.25, 0.3) is 10.9 Å². The number of aromatic nitrogens is 1. The Hall–Kier alpha value is -3.97. The zero-order valence-corrected chi connectivity index (χ0v) is 27.0. The number of amides is 3. The maximum absolute atomic E-state index is 13.2. The summed E-state index contributed by atoms with van der Waals surface area (Å²) in [5.41, 5.74) is -0.179. The fourth-order valence-corrected chi connectivity index (χ4v) is 4.82. The van der Waals surface area contributed by atoms with Gasteiger partial charge >= 0.3 is 5.97 Å². The second kappa shape index (κ2) is 15.8. The number of H-pyrrole nitrogens is 1. The first-order valence-corrected chi connectivity index (χ1v) is 15.3. The summed E-state index contributed by atoms with van der Waals surface area (Å²) >= 11 is 0. The Morgan fingerprint density at radius 2 is 1.82 bits per heavy atom. The molecule has 2 saturated heterocycles. The number of piperidine rings is 1. The van der Waals surface area contributed by atoms with E-state index in [4.69, 9.17) is 18.9 Å². The summed E-state index contributed by atoms with van der Waals surface area (Å²) in [5.74, 6) is -3.36. The van der Waals surface area contributed by atoms with Crippen LogP contribution in [0.3, 0.4) is 0 Å². The van der Waals surface area contributed by atoms with Gasteiger partial charge in [-0.05, 0) is 58.2 Å². The van der Waals surface area contributed by atoms with Gasteiger partial charge in [-0.3, -0.25) is 24.0 Å². The number of Topliss-reactive ketones (excluding diaryl/α,β-unsaturated/α-hetero) is 1. The molecule has 2 aliphatic heterocycles. The highest BCUT2D eigenvalue weighted by Gasteiger charge is 2.44. The van der Waals surface area contributed by atoms with E-state index in [1.54, 1.807) is 45.0 Å². The van der Waals surface area contributed by atoms with Gasteiger partial charge in [-0.15, -0.1) is 0 Å². The van der Waals surface area contributed by atoms with Crippen LogP contribution < -0.4 is 20.7 Å². The molecule has 2 aromatic rings. The lowest BCUT2D eigenvalue weighted by Gasteiger charge is -2.39. The number of hydrogen-bond donors (Lipinski definition) is 4. The first-order chi connectivity index (χ1) is 21.3. The maximum Gasteiger partial charge on any atom is 0.316 e. The highest BCUT2D eigenvalue weighted by molar-refractivity contribution is 6.01. The molecule has 0 radical (unpaired) electrons. The van der Waals surface area contributed by atoms with Crippen molar-refractivity contribution in [1.29, 1.82) is 0 Å². The Morgan fingerprint density at radius 1 is 1.13 bits per heavy atom. The molecule has 0 saturated carbocycles. The summed E-state index contributed by atoms with van der Waals surface area (Å²) in [6.07, 6.45) is 2.57. The number of aromatic amines is 1. The number of ether oxygens (including phenoxy) is 4. The molecule has 0 unspecified atom stereocenters. The molecule has 1 aromatic carbocycles. The van der Waals surface area contributed by atoms with Crippen LogP contribution in [0.4, 0.5) is 0 Å². The highest BCUT2D eigenvalue weighted by atomic mass is 16.7. The second-order valence-corrected chi connectivity index (χ2v) is 12.1. The molecular formula is C32H52N4O9. The number of carbonyl (C=O) groups excluding carboxylic acids is 5. The van der Waals surface area contributed by atoms with E-state index in [1.165, 1.54) is 13.5 Å². The number of ketones is 1. The standard InChI is InChI=1S/C29H38N4O9.C3H8.3H2/c1-28(2)41-15-29(3,16-42-28)27(38)40-14-22(34)20(11-17-7-6-10-30-25(17)36)33-24(35)13-31-26(37)21-12-18-19(32-21)8-5-9-23(18)39-4;1-3-2;;;/h5,8-9,12,17,20,32H,6-7,10-11,13-16H2,1-4H3,(H,30,36)(H,31,37)(H,33,35);3H2,1-2H3;3*1H/t17-,20-;;;;/m0..../s1. The molecule has 45 heavy (non-hydrogen) atoms. The lowest BCUT2D eigenvalue weighted by molar-refractivity contribution is -0.281. The van der Waals surface area contributed by atoms with Crippen LogP contribution in [0.5, 0.6) is 5.75 Å². The van der Waals surface area contributed by atoms with Crippen molar-refractivity contribution in [2.75, 3.05) is 40.0 Å². The van der Waals surface area contributed by atoms with E-state index in [-0.39, 0.29) is 35.5 Å². The molecule has 2 aliphatic rings. The zero-order chi connectivity index (χ0) is 33.2. The third kappa shape index (κ3) is 9.76. The van der Waals surface area contributed by atoms with E-state index in [9.17, 15) is 24.0 Å². The summed E-state index contributed by atoms with van der Waals surface area (Å²) in [5, 5.41) is 8.62. The van der Waals surface area contributed by atoms with Crippen LogP contribution in [0.1, 0.15) is 75.1 Å². The largest absolute Gasteiger partial charge is 0.496 e. The molecule has 254 valence electrons. The van der Waals surface area contributed by atoms with Gasteiger partial charge in [0, 0.05) is 27.6 Å². The first kappa shape index (κ1) is 35.5. The number of carbonyl (C=O) groups is 5. The summed E-state index contributed by atoms with van der Waals surface area (Å²) in [6.45, 7) is 8.95. The molecule has 13 nitrogen and oxygen atoms in total. The molecule has 13 heteroatoms. The highest BCUT2D eigenvalue weighted by Crippen LogP contribution is 2.30. The van der Waals surface area contributed by atoms with Gasteiger partial charge in [0.1, 0.15) is 16.9 Å². The molecule has 2 fully saturated rings. The Morgan fingerprint density at radius 3 is 2.47 bits per heavy atom. The number of hydrogen-bond acceptors (Lipinski definition) is 9. The molecule has 0 bridgehead atoms. The van der Waals surface area contributed by atoms with Gasteiger partial charge < -0.3 is 39.9 Å². The monoisotopic (exact) mass is 636 g/mol. The Balaban J connectivity index is 0.00000355. The van der Waals surface area contributed by atoms with Crippen molar-refractivity contribution in [2.45, 2.75) is 72.1 Å². The van der Waals surface area contributed by atoms with E-state index in [0.717, 1.165) is 6.42 Å². The van der Waals surface area contributed by atoms with Crippen LogP contribution in [0.2, 0.25) is 0 Å². The fraction of sp³-hybridized carbons (Fsp3) is 0.594. The van der Waals surface area contributed by atoms with Gasteiger partial charge in [0.15, 0.2) is 18.2 Å². The van der Waals surface area contributed by atoms with Gasteiger partial charge in [-0.25, -0.2) is 0 Å². The number of esters is 1. The zero-order valence-electron chi connectivity index (χ0n) is 27.0. The molecule has 3 amide bonds. The third-order valence-electron chi connectivity index (χ3n) is 7.46. The number of fused-ring (bicyclic) bond motifs is 1. The smallest absolute Gasteiger partial charge is 0.316 e. The van der Waals surface area contributed by atoms with Crippen molar-refractivity contribution in [3.05, 3.63) is 30.0 Å². The molecule has 0 aliphatic carbocycles. The van der Waals surface area contributed by atoms with Crippen LogP contribution in [0.15, 0.2) is 24.3 Å². The van der Waals surface area contributed by atoms with Crippen molar-refractivity contribution >= 4 is 40.4 Å². The molecule has 1 aromatic heterocycles. The van der Waals surface area contributed by atoms with E-state index < -0.39 is 59.9 Å². The Bertz CT molecular complexity index is 1380. The van der Waals surface area contributed by atoms with Gasteiger partial charge in [-0.2, -0.15) is 0 Å². The fourth-order valence-electron chi connectivity index (χ4n) is 4.82. The van der Waals surface area contributed by atoms with E-state index >= 15 is 0 Å². The second-order valence-electron chi connectivity index (χ2n) is 12.1. The molecule has 0 spiro atoms. The SMILES string of the molecule is CCC.COc1cccc2[nH]c(C(=O)NCC(=O)N[C@@H](C[C@@H]3CCCNC3=O)C(=O)COC(=O)C3(C)COC(C)(C)OC3)cc12.[HH].[HH].[HH]. The lowest BCUT2D eigenvalue weighted by Crippen LogP contribution is -2.51. The summed E-state index contributed by atoms with van der Waals surface area (Å²) in [7, 11) is 1.53. The number of nitrogens with one attached hydrogen (secondary N) is 4. The number of rotatable bonds is 11. The van der Waals surface area contributed by atoms with E-state index in [1.807, 2.05) is 0 Å². The maximum atomic E-state index is 13.2. The minimum Gasteiger partial charge on any atom is -0.496 e. The van der Waals surface area contributed by atoms with Crippen LogP contribution >= 0.6 is 0 Å². The Labute approximate surface area is 267 Å². The summed E-state index contributed by atoms with van der Waals surface area (Å²) in [4.78, 5) is 66.9.